The molecule has 0 aliphatic carbocycles. The van der Waals surface area contributed by atoms with Crippen LogP contribution in [0.25, 0.3) is 0 Å². The van der Waals surface area contributed by atoms with Crippen molar-refractivity contribution in [2.45, 2.75) is 26.7 Å². The summed E-state index contributed by atoms with van der Waals surface area (Å²) in [5.74, 6) is 0.653. The van der Waals surface area contributed by atoms with Gasteiger partial charge in [-0.15, -0.1) is 0 Å². The van der Waals surface area contributed by atoms with Crippen LogP contribution in [-0.2, 0) is 11.2 Å². The summed E-state index contributed by atoms with van der Waals surface area (Å²) in [4.78, 5) is 18.7. The fourth-order valence-electron chi connectivity index (χ4n) is 2.96. The minimum absolute atomic E-state index is 0.215. The molecule has 1 fully saturated rings. The predicted molar refractivity (Wildman–Crippen MR) is 80.3 cm³/mol. The molecule has 1 aliphatic heterocycles. The molecule has 1 unspecified atom stereocenters. The molecule has 110 valence electrons. The maximum Gasteiger partial charge on any atom is 0.230 e. The Kier molecular flexibility index (Phi) is 4.76. The van der Waals surface area contributed by atoms with Gasteiger partial charge in [0, 0.05) is 32.5 Å². The van der Waals surface area contributed by atoms with Crippen molar-refractivity contribution in [3.05, 3.63) is 30.1 Å². The van der Waals surface area contributed by atoms with Crippen LogP contribution in [-0.4, -0.2) is 42.5 Å². The quantitative estimate of drug-likeness (QED) is 0.890. The van der Waals surface area contributed by atoms with Crippen molar-refractivity contribution >= 4 is 5.91 Å². The largest absolute Gasteiger partial charge is 0.345 e. The Balaban J connectivity index is 1.97. The van der Waals surface area contributed by atoms with Gasteiger partial charge >= 0.3 is 0 Å². The molecule has 2 heterocycles. The molecular formula is C16H25N3O. The molecule has 1 amide bonds. The highest BCUT2D eigenvalue weighted by Crippen LogP contribution is 2.35. The third kappa shape index (κ3) is 3.01. The topological polar surface area (TPSA) is 45.2 Å². The number of carbonyl (C=O) groups excluding carboxylic acids is 1. The fourth-order valence-corrected chi connectivity index (χ4v) is 2.96. The molecule has 0 radical (unpaired) electrons. The van der Waals surface area contributed by atoms with Gasteiger partial charge < -0.3 is 10.2 Å². The van der Waals surface area contributed by atoms with Gasteiger partial charge in [-0.1, -0.05) is 13.8 Å². The summed E-state index contributed by atoms with van der Waals surface area (Å²) in [6.07, 6.45) is 5.43. The van der Waals surface area contributed by atoms with Gasteiger partial charge in [0.15, 0.2) is 0 Å². The van der Waals surface area contributed by atoms with Crippen LogP contribution in [0.4, 0.5) is 0 Å². The first-order chi connectivity index (χ1) is 9.56. The minimum atomic E-state index is -0.215. The van der Waals surface area contributed by atoms with Crippen LogP contribution in [0.3, 0.4) is 0 Å². The maximum atomic E-state index is 12.8. The Morgan fingerprint density at radius 1 is 1.45 bits per heavy atom. The van der Waals surface area contributed by atoms with Gasteiger partial charge in [0.25, 0.3) is 0 Å². The zero-order valence-corrected chi connectivity index (χ0v) is 12.7. The zero-order valence-electron chi connectivity index (χ0n) is 12.7. The lowest BCUT2D eigenvalue weighted by molar-refractivity contribution is -0.142. The molecular weight excluding hydrogens is 250 g/mol. The number of amides is 1. The zero-order chi connectivity index (χ0) is 14.6. The summed E-state index contributed by atoms with van der Waals surface area (Å²) in [5.41, 5.74) is 1.01. The van der Waals surface area contributed by atoms with Crippen molar-refractivity contribution in [2.75, 3.05) is 26.7 Å². The molecule has 2 rings (SSSR count). The van der Waals surface area contributed by atoms with Crippen molar-refractivity contribution in [1.29, 1.82) is 0 Å². The molecule has 0 saturated carbocycles. The Bertz CT molecular complexity index is 438. The molecule has 1 aromatic rings. The molecule has 4 heteroatoms. The van der Waals surface area contributed by atoms with Gasteiger partial charge in [-0.25, -0.2) is 0 Å². The first-order valence-electron chi connectivity index (χ1n) is 7.41. The van der Waals surface area contributed by atoms with Crippen LogP contribution in [0, 0.1) is 11.3 Å². The summed E-state index contributed by atoms with van der Waals surface area (Å²) in [6.45, 7) is 6.83. The highest BCUT2D eigenvalue weighted by Gasteiger charge is 2.45. The molecule has 0 spiro atoms. The summed E-state index contributed by atoms with van der Waals surface area (Å²) in [7, 11) is 1.92. The number of pyridine rings is 1. The highest BCUT2D eigenvalue weighted by molar-refractivity contribution is 5.83. The van der Waals surface area contributed by atoms with Gasteiger partial charge in [0.1, 0.15) is 0 Å². The summed E-state index contributed by atoms with van der Waals surface area (Å²) >= 11 is 0. The summed E-state index contributed by atoms with van der Waals surface area (Å²) in [5, 5.41) is 3.35. The molecule has 1 N–H and O–H groups in total. The number of nitrogens with zero attached hydrogens (tertiary/aromatic N) is 2. The van der Waals surface area contributed by atoms with E-state index in [0.29, 0.717) is 5.92 Å². The van der Waals surface area contributed by atoms with Crippen LogP contribution < -0.4 is 5.32 Å². The van der Waals surface area contributed by atoms with Crippen molar-refractivity contribution in [2.24, 2.45) is 11.3 Å². The van der Waals surface area contributed by atoms with Crippen molar-refractivity contribution in [1.82, 2.24) is 15.2 Å². The highest BCUT2D eigenvalue weighted by atomic mass is 16.2. The van der Waals surface area contributed by atoms with E-state index < -0.39 is 0 Å². The van der Waals surface area contributed by atoms with Crippen molar-refractivity contribution < 1.29 is 4.79 Å². The molecule has 20 heavy (non-hydrogen) atoms. The third-order valence-corrected chi connectivity index (χ3v) is 4.55. The molecule has 0 aromatic carbocycles. The van der Waals surface area contributed by atoms with Crippen LogP contribution in [0.5, 0.6) is 0 Å². The van der Waals surface area contributed by atoms with E-state index in [-0.39, 0.29) is 11.3 Å². The standard InChI is InChI=1S/C16H25N3O/c1-13(2)16(7-10-18-12-16)15(20)19(3)11-6-14-4-8-17-9-5-14/h4-5,8-9,13,18H,6-7,10-12H2,1-3H3. The van der Waals surface area contributed by atoms with E-state index in [9.17, 15) is 4.79 Å². The smallest absolute Gasteiger partial charge is 0.230 e. The minimum Gasteiger partial charge on any atom is -0.345 e. The second kappa shape index (κ2) is 6.35. The molecule has 1 aromatic heterocycles. The van der Waals surface area contributed by atoms with Crippen LogP contribution in [0.1, 0.15) is 25.8 Å². The maximum absolute atomic E-state index is 12.8. The lowest BCUT2D eigenvalue weighted by Gasteiger charge is -2.35. The van der Waals surface area contributed by atoms with Gasteiger partial charge in [0.2, 0.25) is 5.91 Å². The van der Waals surface area contributed by atoms with E-state index in [1.165, 1.54) is 5.56 Å². The number of carbonyl (C=O) groups is 1. The lowest BCUT2D eigenvalue weighted by Crippen LogP contribution is -2.47. The molecule has 1 aliphatic rings. The molecule has 1 saturated heterocycles. The number of hydrogen-bond acceptors (Lipinski definition) is 3. The Labute approximate surface area is 121 Å². The normalized spacial score (nSPS) is 22.2. The summed E-state index contributed by atoms with van der Waals surface area (Å²) in [6, 6.07) is 4.02. The Hall–Kier alpha value is -1.42. The second-order valence-corrected chi connectivity index (χ2v) is 6.07. The van der Waals surface area contributed by atoms with E-state index in [4.69, 9.17) is 0 Å². The third-order valence-electron chi connectivity index (χ3n) is 4.55. The van der Waals surface area contributed by atoms with E-state index in [2.05, 4.69) is 24.1 Å². The van der Waals surface area contributed by atoms with Crippen molar-refractivity contribution in [3.63, 3.8) is 0 Å². The van der Waals surface area contributed by atoms with E-state index in [0.717, 1.165) is 32.5 Å². The fraction of sp³-hybridized carbons (Fsp3) is 0.625. The number of nitrogens with one attached hydrogen (secondary N) is 1. The molecule has 4 nitrogen and oxygen atoms in total. The average Bonchev–Trinajstić information content (AvgIpc) is 2.96. The van der Waals surface area contributed by atoms with Crippen LogP contribution in [0.2, 0.25) is 0 Å². The van der Waals surface area contributed by atoms with Gasteiger partial charge in [-0.3, -0.25) is 9.78 Å². The van der Waals surface area contributed by atoms with E-state index in [1.54, 1.807) is 12.4 Å². The monoisotopic (exact) mass is 275 g/mol. The van der Waals surface area contributed by atoms with Crippen LogP contribution >= 0.6 is 0 Å². The van der Waals surface area contributed by atoms with Gasteiger partial charge in [-0.2, -0.15) is 0 Å². The number of rotatable bonds is 5. The predicted octanol–water partition coefficient (Wildman–Crippen LogP) is 1.72. The van der Waals surface area contributed by atoms with Crippen molar-refractivity contribution in [3.8, 4) is 0 Å². The van der Waals surface area contributed by atoms with Gasteiger partial charge in [-0.05, 0) is 43.0 Å². The number of hydrogen-bond donors (Lipinski definition) is 1. The lowest BCUT2D eigenvalue weighted by atomic mass is 9.75. The summed E-state index contributed by atoms with van der Waals surface area (Å²) < 4.78 is 0. The van der Waals surface area contributed by atoms with Crippen LogP contribution in [0.15, 0.2) is 24.5 Å². The Morgan fingerprint density at radius 2 is 2.15 bits per heavy atom. The van der Waals surface area contributed by atoms with E-state index in [1.807, 2.05) is 24.1 Å². The molecule has 1 atom stereocenters. The SMILES string of the molecule is CC(C)C1(C(=O)N(C)CCc2ccncc2)CCNC1. The second-order valence-electron chi connectivity index (χ2n) is 6.07. The Morgan fingerprint density at radius 3 is 2.70 bits per heavy atom. The number of aromatic nitrogens is 1. The molecule has 0 bridgehead atoms. The average molecular weight is 275 g/mol. The first kappa shape index (κ1) is 15.0. The first-order valence-corrected chi connectivity index (χ1v) is 7.41. The number of likely N-dealkylation sites (N-methyl/N-ethyl adjacent to an activating group) is 1. The van der Waals surface area contributed by atoms with E-state index >= 15 is 0 Å². The van der Waals surface area contributed by atoms with Gasteiger partial charge in [0.05, 0.1) is 5.41 Å².